The number of aromatic nitrogens is 1. The van der Waals surface area contributed by atoms with Crippen LogP contribution in [0.4, 0.5) is 10.5 Å². The Morgan fingerprint density at radius 3 is 2.18 bits per heavy atom. The molecule has 2 saturated heterocycles. The van der Waals surface area contributed by atoms with E-state index in [1.54, 1.807) is 105 Å². The van der Waals surface area contributed by atoms with Gasteiger partial charge < -0.3 is 20.0 Å². The Bertz CT molecular complexity index is 2880. The summed E-state index contributed by atoms with van der Waals surface area (Å²) in [5.41, 5.74) is 4.90. The summed E-state index contributed by atoms with van der Waals surface area (Å²) in [7, 11) is -4.29. The van der Waals surface area contributed by atoms with Gasteiger partial charge in [-0.15, -0.1) is 5.69 Å². The fraction of sp³-hybridized carbons (Fsp3) is 0.260. The van der Waals surface area contributed by atoms with Crippen molar-refractivity contribution in [2.75, 3.05) is 19.7 Å². The molecule has 5 aromatic carbocycles. The Balaban J connectivity index is 0.00000630. The number of carbonyl (C=O) groups excluding carboxylic acids is 3. The normalized spacial score (nSPS) is 16.5. The third kappa shape index (κ3) is 9.68. The Labute approximate surface area is 388 Å². The molecule has 13 nitrogen and oxygen atoms in total. The number of ether oxygens (including phenoxy) is 1. The second kappa shape index (κ2) is 19.8. The number of aliphatic carboxylic acids is 1. The predicted octanol–water partition coefficient (Wildman–Crippen LogP) is 8.44. The van der Waals surface area contributed by atoms with Crippen molar-refractivity contribution in [1.82, 2.24) is 13.8 Å². The number of aryl methyl sites for hydroxylation is 3. The summed E-state index contributed by atoms with van der Waals surface area (Å²) in [6, 6.07) is 33.8. The van der Waals surface area contributed by atoms with E-state index in [0.29, 0.717) is 40.6 Å². The number of cyclic esters (lactones) is 1. The molecule has 2 aliphatic heterocycles. The number of carboxylic acids is 1. The smallest absolute Gasteiger partial charge is 0.416 e. The monoisotopic (exact) mass is 936 g/mol. The van der Waals surface area contributed by atoms with E-state index < -0.39 is 52.4 Å². The van der Waals surface area contributed by atoms with Gasteiger partial charge in [-0.1, -0.05) is 121 Å². The maximum absolute atomic E-state index is 14.7. The summed E-state index contributed by atoms with van der Waals surface area (Å²) < 4.78 is 35.7. The first-order valence-electron chi connectivity index (χ1n) is 21.2. The van der Waals surface area contributed by atoms with Crippen molar-refractivity contribution in [3.8, 4) is 0 Å². The van der Waals surface area contributed by atoms with E-state index in [0.717, 1.165) is 33.0 Å². The molecule has 1 N–H and O–H groups in total. The van der Waals surface area contributed by atoms with Crippen molar-refractivity contribution in [2.24, 2.45) is 4.99 Å². The number of para-hydroxylation sites is 2. The molecule has 0 spiro atoms. The summed E-state index contributed by atoms with van der Waals surface area (Å²) >= 11 is 0. The number of benzene rings is 5. The summed E-state index contributed by atoms with van der Waals surface area (Å²) in [5, 5.41) is 16.3. The molecule has 3 heterocycles. The van der Waals surface area contributed by atoms with Crippen LogP contribution < -0.4 is 0 Å². The van der Waals surface area contributed by atoms with Crippen LogP contribution in [0.3, 0.4) is 0 Å². The second-order valence-corrected chi connectivity index (χ2v) is 18.1. The molecule has 2 fully saturated rings. The number of amides is 3. The van der Waals surface area contributed by atoms with Crippen LogP contribution in [-0.4, -0.2) is 88.7 Å². The molecule has 8 rings (SSSR count). The first-order valence-corrected chi connectivity index (χ1v) is 22.7. The van der Waals surface area contributed by atoms with Crippen LogP contribution in [0.2, 0.25) is 0 Å². The number of fused-ring (bicyclic) bond motifs is 1. The number of carboxylic acid groups (broad SMARTS) is 1. The topological polar surface area (TPSA) is 170 Å². The van der Waals surface area contributed by atoms with Gasteiger partial charge in [0, 0.05) is 52.5 Å². The number of imide groups is 1. The molecule has 0 radical (unpaired) electrons. The third-order valence-corrected chi connectivity index (χ3v) is 13.9. The molecular weight excluding hydrogens is 889 g/mol. The Morgan fingerprint density at radius 1 is 0.862 bits per heavy atom. The van der Waals surface area contributed by atoms with E-state index in [-0.39, 0.29) is 62.9 Å². The number of rotatable bonds is 14. The molecule has 0 saturated carbocycles. The van der Waals surface area contributed by atoms with Gasteiger partial charge in [0.2, 0.25) is 5.91 Å². The molecule has 3 atom stereocenters. The van der Waals surface area contributed by atoms with Gasteiger partial charge in [-0.05, 0) is 74.0 Å². The van der Waals surface area contributed by atoms with E-state index in [9.17, 15) is 32.7 Å². The van der Waals surface area contributed by atoms with Crippen LogP contribution in [0, 0.1) is 20.8 Å². The fourth-order valence-corrected chi connectivity index (χ4v) is 10.9. The molecule has 6 aromatic rings. The first kappa shape index (κ1) is 46.6. The minimum absolute atomic E-state index is 0. The molecule has 15 heteroatoms. The number of likely N-dealkylation sites (tertiary alicyclic amines) is 1. The summed E-state index contributed by atoms with van der Waals surface area (Å²) in [4.78, 5) is 63.0. The van der Waals surface area contributed by atoms with Gasteiger partial charge in [0.1, 0.15) is 6.61 Å². The summed E-state index contributed by atoms with van der Waals surface area (Å²) in [5.74, 6) is -3.78. The molecular formula is C50H48N5NiO8S-. The Morgan fingerprint density at radius 2 is 1.51 bits per heavy atom. The molecule has 1 aromatic heterocycles. The van der Waals surface area contributed by atoms with Crippen LogP contribution in [0.5, 0.6) is 0 Å². The van der Waals surface area contributed by atoms with E-state index in [1.165, 1.54) is 6.20 Å². The zero-order valence-electron chi connectivity index (χ0n) is 36.1. The van der Waals surface area contributed by atoms with Gasteiger partial charge in [-0.2, -0.15) is 0 Å². The molecule has 65 heavy (non-hydrogen) atoms. The maximum atomic E-state index is 14.7. The Kier molecular flexibility index (Phi) is 14.2. The van der Waals surface area contributed by atoms with Crippen molar-refractivity contribution >= 4 is 56.2 Å². The van der Waals surface area contributed by atoms with E-state index >= 15 is 0 Å². The average molecular weight is 938 g/mol. The average Bonchev–Trinajstić information content (AvgIpc) is 4.03. The van der Waals surface area contributed by atoms with Crippen molar-refractivity contribution in [3.05, 3.63) is 172 Å². The number of hydrogen-bond acceptors (Lipinski definition) is 9. The van der Waals surface area contributed by atoms with E-state index in [1.807, 2.05) is 37.3 Å². The minimum atomic E-state index is -4.29. The largest absolute Gasteiger partial charge is 0.625 e. The van der Waals surface area contributed by atoms with Gasteiger partial charge in [-0.25, -0.2) is 26.9 Å². The van der Waals surface area contributed by atoms with Crippen LogP contribution >= 0.6 is 0 Å². The van der Waals surface area contributed by atoms with E-state index in [4.69, 9.17) is 9.73 Å². The molecule has 0 unspecified atom stereocenters. The maximum Gasteiger partial charge on any atom is 0.416 e. The van der Waals surface area contributed by atoms with Crippen LogP contribution in [0.25, 0.3) is 16.2 Å². The third-order valence-electron chi connectivity index (χ3n) is 11.9. The van der Waals surface area contributed by atoms with Gasteiger partial charge in [0.05, 0.1) is 34.6 Å². The van der Waals surface area contributed by atoms with Gasteiger partial charge in [-0.3, -0.25) is 14.7 Å². The molecule has 0 aliphatic carbocycles. The van der Waals surface area contributed by atoms with Crippen LogP contribution in [-0.2, 0) is 52.2 Å². The molecule has 3 amide bonds. The molecule has 338 valence electrons. The zero-order chi connectivity index (χ0) is 45.1. The number of aliphatic imine (C=N–C) groups is 1. The Hall–Kier alpha value is -6.41. The van der Waals surface area contributed by atoms with Crippen LogP contribution in [0.15, 0.2) is 137 Å². The van der Waals surface area contributed by atoms with Crippen molar-refractivity contribution < 1.29 is 53.9 Å². The molecule has 2 aliphatic rings. The second-order valence-electron chi connectivity index (χ2n) is 16.3. The van der Waals surface area contributed by atoms with Crippen molar-refractivity contribution in [2.45, 2.75) is 69.5 Å². The summed E-state index contributed by atoms with van der Waals surface area (Å²) in [6.07, 6.45) is 1.43. The number of carbonyl (C=O) groups is 4. The molecule has 0 bridgehead atoms. The minimum Gasteiger partial charge on any atom is -0.625 e. The van der Waals surface area contributed by atoms with Crippen molar-refractivity contribution in [3.63, 3.8) is 0 Å². The SMILES string of the molecule is Cc1cc(C)c(S(=O)(=O)n2cc([C@@H](CC(=O)N3CCOC3=O)[C@H](N=C(c3ccccc3)c3ccccc3[N-]C(=O)[C@@H]3CCCN3Cc3ccccc3)C(=O)O)c3ccccc32)c(C)c1.[Ni]. The summed E-state index contributed by atoms with van der Waals surface area (Å²) in [6.45, 7) is 6.60. The first-order chi connectivity index (χ1) is 30.8. The van der Waals surface area contributed by atoms with Crippen molar-refractivity contribution in [1.29, 1.82) is 0 Å². The number of hydrogen-bond donors (Lipinski definition) is 1. The van der Waals surface area contributed by atoms with Gasteiger partial charge in [0.25, 0.3) is 10.0 Å². The predicted molar refractivity (Wildman–Crippen MR) is 243 cm³/mol. The number of nitrogens with zero attached hydrogens (tertiary/aromatic N) is 5. The van der Waals surface area contributed by atoms with Gasteiger partial charge in [0.15, 0.2) is 6.04 Å². The van der Waals surface area contributed by atoms with Gasteiger partial charge >= 0.3 is 12.1 Å². The standard InChI is InChI=1S/C50H49N5O8S.Ni/c1-32-27-33(2)47(34(3)28-32)64(61,62)55-31-40(37-19-11-13-22-42(37)55)39(29-44(56)54-25-26-63-50(54)60)46(49(58)59)52-45(36-17-8-5-9-18-36)38-20-10-12-21-41(38)51-48(57)43-23-14-24-53(43)30-35-15-6-4-7-16-35;/h4-13,15-22,27-28,31,39,43,46H,14,23-26,29-30H2,1-3H3,(H2,51,52,57,58,59);/p-1/t39-,43+,46+;/m1./s1. The fourth-order valence-electron chi connectivity index (χ4n) is 9.08. The quantitative estimate of drug-likeness (QED) is 0.0832. The van der Waals surface area contributed by atoms with Crippen LogP contribution in [0.1, 0.15) is 64.1 Å². The van der Waals surface area contributed by atoms with E-state index in [2.05, 4.69) is 10.2 Å². The zero-order valence-corrected chi connectivity index (χ0v) is 37.9.